The van der Waals surface area contributed by atoms with Crippen LogP contribution in [0.5, 0.6) is 11.5 Å². The first-order valence-electron chi connectivity index (χ1n) is 8.51. The summed E-state index contributed by atoms with van der Waals surface area (Å²) >= 11 is 0. The molecule has 0 fully saturated rings. The van der Waals surface area contributed by atoms with Crippen LogP contribution in [0, 0.1) is 6.92 Å². The zero-order valence-corrected chi connectivity index (χ0v) is 15.7. The van der Waals surface area contributed by atoms with E-state index < -0.39 is 17.6 Å². The van der Waals surface area contributed by atoms with Gasteiger partial charge in [-0.2, -0.15) is 13.2 Å². The number of carbonyl (C=O) groups is 2. The molecular weight excluding hydrogens is 385 g/mol. The van der Waals surface area contributed by atoms with Crippen LogP contribution >= 0.6 is 0 Å². The third-order valence-electron chi connectivity index (χ3n) is 3.74. The van der Waals surface area contributed by atoms with Crippen molar-refractivity contribution in [1.82, 2.24) is 10.6 Å². The van der Waals surface area contributed by atoms with E-state index in [1.54, 1.807) is 31.3 Å². The van der Waals surface area contributed by atoms with Crippen LogP contribution in [0.2, 0.25) is 0 Å². The minimum absolute atomic E-state index is 0.0533. The van der Waals surface area contributed by atoms with Crippen molar-refractivity contribution in [2.75, 3.05) is 7.05 Å². The number of amides is 1. The minimum atomic E-state index is -4.63. The predicted molar refractivity (Wildman–Crippen MR) is 103 cm³/mol. The fourth-order valence-electron chi connectivity index (χ4n) is 2.29. The molecule has 0 aliphatic heterocycles. The third kappa shape index (κ3) is 6.24. The molecule has 2 aromatic carbocycles. The Bertz CT molecular complexity index is 933. The van der Waals surface area contributed by atoms with Crippen molar-refractivity contribution in [2.45, 2.75) is 13.1 Å². The van der Waals surface area contributed by atoms with Gasteiger partial charge in [-0.05, 0) is 49.5 Å². The number of halogens is 3. The maximum atomic E-state index is 13.1. The summed E-state index contributed by atoms with van der Waals surface area (Å²) < 4.78 is 45.0. The first kappa shape index (κ1) is 21.7. The lowest BCUT2D eigenvalue weighted by Crippen LogP contribution is -2.23. The molecule has 29 heavy (non-hydrogen) atoms. The van der Waals surface area contributed by atoms with Crippen LogP contribution in [0.15, 0.2) is 66.5 Å². The van der Waals surface area contributed by atoms with E-state index >= 15 is 0 Å². The first-order valence-corrected chi connectivity index (χ1v) is 8.51. The molecule has 0 spiro atoms. The Hall–Kier alpha value is -3.55. The molecule has 2 aromatic rings. The highest BCUT2D eigenvalue weighted by Crippen LogP contribution is 2.34. The topological polar surface area (TPSA) is 67.4 Å². The maximum Gasteiger partial charge on any atom is 0.416 e. The summed E-state index contributed by atoms with van der Waals surface area (Å²) in [6.07, 6.45) is -0.276. The number of rotatable bonds is 7. The van der Waals surface area contributed by atoms with Gasteiger partial charge in [0.2, 0.25) is 0 Å². The normalized spacial score (nSPS) is 12.0. The molecule has 1 amide bonds. The summed E-state index contributed by atoms with van der Waals surface area (Å²) in [5.41, 5.74) is -0.249. The zero-order chi connectivity index (χ0) is 21.4. The van der Waals surface area contributed by atoms with Crippen LogP contribution in [0.3, 0.4) is 0 Å². The molecule has 0 saturated carbocycles. The van der Waals surface area contributed by atoms with Crippen molar-refractivity contribution in [2.24, 2.45) is 0 Å². The van der Waals surface area contributed by atoms with Gasteiger partial charge in [0.1, 0.15) is 17.8 Å². The van der Waals surface area contributed by atoms with Crippen LogP contribution < -0.4 is 15.4 Å². The number of nitrogens with one attached hydrogen (secondary N) is 2. The second-order valence-corrected chi connectivity index (χ2v) is 5.96. The first-order chi connectivity index (χ1) is 13.7. The average molecular weight is 404 g/mol. The highest BCUT2D eigenvalue weighted by molar-refractivity contribution is 5.98. The molecular formula is C21H19F3N2O3. The van der Waals surface area contributed by atoms with Crippen molar-refractivity contribution in [3.8, 4) is 11.5 Å². The number of hydrogen-bond donors (Lipinski definition) is 2. The Labute approximate surface area is 165 Å². The Balaban J connectivity index is 2.43. The van der Waals surface area contributed by atoms with Crippen molar-refractivity contribution >= 4 is 12.2 Å². The van der Waals surface area contributed by atoms with Gasteiger partial charge in [0.25, 0.3) is 5.91 Å². The van der Waals surface area contributed by atoms with Gasteiger partial charge in [0, 0.05) is 18.8 Å². The third-order valence-corrected chi connectivity index (χ3v) is 3.74. The lowest BCUT2D eigenvalue weighted by molar-refractivity contribution is -0.137. The van der Waals surface area contributed by atoms with Crippen molar-refractivity contribution in [3.63, 3.8) is 0 Å². The van der Waals surface area contributed by atoms with E-state index in [0.717, 1.165) is 23.8 Å². The molecule has 2 rings (SSSR count). The molecule has 0 bridgehead atoms. The molecule has 0 unspecified atom stereocenters. The number of allylic oxidation sites excluding steroid dienone is 2. The zero-order valence-electron chi connectivity index (χ0n) is 15.7. The number of ether oxygens (including phenoxy) is 1. The summed E-state index contributed by atoms with van der Waals surface area (Å²) in [6, 6.07) is 9.45. The molecule has 0 radical (unpaired) electrons. The Kier molecular flexibility index (Phi) is 7.19. The number of carbonyl (C=O) groups excluding carboxylic acids is 2. The standard InChI is InChI=1S/C21H19F3N2O3/c1-14-3-6-17(7-4-14)29-19-8-5-15(21(22,23)24)13-18(19)20(28)26-16(10-12-27)9-11-25-2/h3-13,25H,1-2H3,(H,26,28)/b11-9-,16-10+. The van der Waals surface area contributed by atoms with Gasteiger partial charge in [-0.1, -0.05) is 17.7 Å². The highest BCUT2D eigenvalue weighted by atomic mass is 19.4. The Morgan fingerprint density at radius 1 is 1.10 bits per heavy atom. The molecule has 0 saturated heterocycles. The molecule has 0 heterocycles. The van der Waals surface area contributed by atoms with Gasteiger partial charge in [0.15, 0.2) is 0 Å². The highest BCUT2D eigenvalue weighted by Gasteiger charge is 2.32. The van der Waals surface area contributed by atoms with Gasteiger partial charge >= 0.3 is 6.18 Å². The monoisotopic (exact) mass is 404 g/mol. The molecule has 5 nitrogen and oxygen atoms in total. The maximum absolute atomic E-state index is 13.1. The van der Waals surface area contributed by atoms with E-state index in [1.165, 1.54) is 12.3 Å². The molecule has 2 N–H and O–H groups in total. The fraction of sp³-hybridized carbons (Fsp3) is 0.143. The van der Waals surface area contributed by atoms with Crippen molar-refractivity contribution < 1.29 is 27.5 Å². The van der Waals surface area contributed by atoms with E-state index in [0.29, 0.717) is 18.1 Å². The van der Waals surface area contributed by atoms with Crippen LogP contribution in [0.1, 0.15) is 21.5 Å². The molecule has 0 aliphatic carbocycles. The van der Waals surface area contributed by atoms with Gasteiger partial charge < -0.3 is 15.4 Å². The molecule has 0 aromatic heterocycles. The largest absolute Gasteiger partial charge is 0.457 e. The molecule has 8 heteroatoms. The summed E-state index contributed by atoms with van der Waals surface area (Å²) in [5, 5.41) is 5.08. The van der Waals surface area contributed by atoms with Crippen LogP contribution in [-0.2, 0) is 11.0 Å². The lowest BCUT2D eigenvalue weighted by Gasteiger charge is -2.15. The summed E-state index contributed by atoms with van der Waals surface area (Å²) in [5.74, 6) is -0.544. The van der Waals surface area contributed by atoms with Crippen LogP contribution in [0.4, 0.5) is 13.2 Å². The second-order valence-electron chi connectivity index (χ2n) is 5.96. The predicted octanol–water partition coefficient (Wildman–Crippen LogP) is 4.35. The molecule has 152 valence electrons. The van der Waals surface area contributed by atoms with Crippen molar-refractivity contribution in [1.29, 1.82) is 0 Å². The smallest absolute Gasteiger partial charge is 0.416 e. The van der Waals surface area contributed by atoms with E-state index in [9.17, 15) is 22.8 Å². The number of benzene rings is 2. The fourth-order valence-corrected chi connectivity index (χ4v) is 2.29. The minimum Gasteiger partial charge on any atom is -0.457 e. The second kappa shape index (κ2) is 9.59. The Morgan fingerprint density at radius 2 is 1.79 bits per heavy atom. The number of alkyl halides is 3. The van der Waals surface area contributed by atoms with Gasteiger partial charge in [-0.15, -0.1) is 0 Å². The quantitative estimate of drug-likeness (QED) is 0.409. The average Bonchev–Trinajstić information content (AvgIpc) is 2.67. The number of aldehydes is 1. The number of hydrogen-bond acceptors (Lipinski definition) is 4. The van der Waals surface area contributed by atoms with Gasteiger partial charge in [-0.3, -0.25) is 9.59 Å². The summed E-state index contributed by atoms with van der Waals surface area (Å²) in [6.45, 7) is 1.88. The number of aryl methyl sites for hydroxylation is 1. The van der Waals surface area contributed by atoms with Gasteiger partial charge in [-0.25, -0.2) is 0 Å². The van der Waals surface area contributed by atoms with Crippen LogP contribution in [-0.4, -0.2) is 19.2 Å². The van der Waals surface area contributed by atoms with Crippen LogP contribution in [0.25, 0.3) is 0 Å². The van der Waals surface area contributed by atoms with E-state index in [2.05, 4.69) is 10.6 Å². The SMILES string of the molecule is CN/C=C\C(=C/C=O)NC(=O)c1cc(C(F)(F)F)ccc1Oc1ccc(C)cc1. The van der Waals surface area contributed by atoms with Gasteiger partial charge in [0.05, 0.1) is 11.1 Å². The Morgan fingerprint density at radius 3 is 2.38 bits per heavy atom. The lowest BCUT2D eigenvalue weighted by atomic mass is 10.1. The summed E-state index contributed by atoms with van der Waals surface area (Å²) in [4.78, 5) is 23.4. The van der Waals surface area contributed by atoms with Crippen molar-refractivity contribution in [3.05, 3.63) is 83.2 Å². The van der Waals surface area contributed by atoms with E-state index in [4.69, 9.17) is 4.74 Å². The molecule has 0 atom stereocenters. The van der Waals surface area contributed by atoms with E-state index in [-0.39, 0.29) is 17.0 Å². The van der Waals surface area contributed by atoms with E-state index in [1.807, 2.05) is 6.92 Å². The molecule has 0 aliphatic rings. The summed E-state index contributed by atoms with van der Waals surface area (Å²) in [7, 11) is 1.61.